The summed E-state index contributed by atoms with van der Waals surface area (Å²) < 4.78 is 35.1. The van der Waals surface area contributed by atoms with E-state index in [0.717, 1.165) is 26.7 Å². The molecule has 0 unspecified atom stereocenters. The fourth-order valence-corrected chi connectivity index (χ4v) is 4.84. The quantitative estimate of drug-likeness (QED) is 0.240. The zero-order valence-electron chi connectivity index (χ0n) is 18.6. The number of halogens is 1. The second-order valence-corrected chi connectivity index (χ2v) is 8.99. The highest BCUT2D eigenvalue weighted by Crippen LogP contribution is 2.37. The lowest BCUT2D eigenvalue weighted by Gasteiger charge is -2.21. The maximum absolute atomic E-state index is 12.3. The minimum absolute atomic E-state index is 0.211. The Kier molecular flexibility index (Phi) is 5.47. The van der Waals surface area contributed by atoms with Gasteiger partial charge in [0, 0.05) is 38.0 Å². The monoisotopic (exact) mass is 534 g/mol. The Bertz CT molecular complexity index is 1630. The third-order valence-electron chi connectivity index (χ3n) is 5.85. The summed E-state index contributed by atoms with van der Waals surface area (Å²) in [5.74, 6) is 2.55. The lowest BCUT2D eigenvalue weighted by Crippen LogP contribution is -2.14. The molecule has 0 aliphatic carbocycles. The molecule has 0 atom stereocenters. The third-order valence-corrected chi connectivity index (χ3v) is 6.31. The molecule has 0 radical (unpaired) electrons. The molecule has 35 heavy (non-hydrogen) atoms. The van der Waals surface area contributed by atoms with Gasteiger partial charge in [0.25, 0.3) is 0 Å². The average Bonchev–Trinajstić information content (AvgIpc) is 3.31. The molecular formula is C27H19BrO7. The summed E-state index contributed by atoms with van der Waals surface area (Å²) >= 11 is 3.54. The van der Waals surface area contributed by atoms with Crippen molar-refractivity contribution in [1.82, 2.24) is 0 Å². The van der Waals surface area contributed by atoms with Crippen molar-refractivity contribution in [2.45, 2.75) is 13.2 Å². The standard InChI is InChI=1S/C27H19BrO7/c1-30-23-4-2-3-15-9-24(35-27(15)23)21-11-25(29)34-22-6-5-19(10-20(21)22)32-13-17-8-18(28)7-16-12-31-14-33-26(16)17/h2-11H,12-14H2,1H3. The van der Waals surface area contributed by atoms with Crippen molar-refractivity contribution in [3.63, 3.8) is 0 Å². The third kappa shape index (κ3) is 4.05. The number of para-hydroxylation sites is 1. The minimum atomic E-state index is -0.464. The molecule has 7 nitrogen and oxygen atoms in total. The van der Waals surface area contributed by atoms with Gasteiger partial charge < -0.3 is 27.8 Å². The average molecular weight is 535 g/mol. The van der Waals surface area contributed by atoms with Crippen molar-refractivity contribution in [2.75, 3.05) is 13.9 Å². The second-order valence-electron chi connectivity index (χ2n) is 8.08. The topological polar surface area (TPSA) is 80.3 Å². The van der Waals surface area contributed by atoms with Gasteiger partial charge in [-0.15, -0.1) is 0 Å². The van der Waals surface area contributed by atoms with Gasteiger partial charge >= 0.3 is 5.63 Å². The first-order valence-electron chi connectivity index (χ1n) is 10.9. The Balaban J connectivity index is 1.39. The van der Waals surface area contributed by atoms with Crippen molar-refractivity contribution >= 4 is 37.9 Å². The molecule has 0 N–H and O–H groups in total. The number of hydrogen-bond donors (Lipinski definition) is 0. The zero-order chi connectivity index (χ0) is 23.9. The van der Waals surface area contributed by atoms with Crippen molar-refractivity contribution < 1.29 is 27.8 Å². The molecule has 176 valence electrons. The van der Waals surface area contributed by atoms with Crippen LogP contribution in [0.4, 0.5) is 0 Å². The van der Waals surface area contributed by atoms with Crippen LogP contribution in [0.5, 0.6) is 17.2 Å². The normalized spacial score (nSPS) is 13.0. The molecule has 0 spiro atoms. The highest BCUT2D eigenvalue weighted by atomic mass is 79.9. The van der Waals surface area contributed by atoms with Crippen molar-refractivity contribution in [2.24, 2.45) is 0 Å². The predicted molar refractivity (Wildman–Crippen MR) is 133 cm³/mol. The largest absolute Gasteiger partial charge is 0.493 e. The van der Waals surface area contributed by atoms with Gasteiger partial charge in [0.05, 0.1) is 13.7 Å². The van der Waals surface area contributed by atoms with E-state index >= 15 is 0 Å². The van der Waals surface area contributed by atoms with Gasteiger partial charge in [-0.1, -0.05) is 28.1 Å². The first kappa shape index (κ1) is 21.8. The molecule has 0 amide bonds. The van der Waals surface area contributed by atoms with Gasteiger partial charge in [0.1, 0.15) is 29.4 Å². The smallest absolute Gasteiger partial charge is 0.336 e. The Morgan fingerprint density at radius 1 is 1.03 bits per heavy atom. The first-order chi connectivity index (χ1) is 17.1. The van der Waals surface area contributed by atoms with Crippen LogP contribution in [0, 0.1) is 0 Å². The van der Waals surface area contributed by atoms with Crippen molar-refractivity contribution in [3.05, 3.63) is 86.7 Å². The second kappa shape index (κ2) is 8.79. The van der Waals surface area contributed by atoms with Crippen molar-refractivity contribution in [1.29, 1.82) is 0 Å². The van der Waals surface area contributed by atoms with Gasteiger partial charge in [-0.25, -0.2) is 4.79 Å². The molecule has 1 aliphatic rings. The molecule has 0 bridgehead atoms. The first-order valence-corrected chi connectivity index (χ1v) is 11.7. The zero-order valence-corrected chi connectivity index (χ0v) is 20.2. The number of fused-ring (bicyclic) bond motifs is 3. The van der Waals surface area contributed by atoms with Gasteiger partial charge in [0.2, 0.25) is 0 Å². The lowest BCUT2D eigenvalue weighted by molar-refractivity contribution is -0.0176. The molecule has 0 fully saturated rings. The van der Waals surface area contributed by atoms with Gasteiger partial charge in [-0.3, -0.25) is 0 Å². The number of rotatable bonds is 5. The maximum atomic E-state index is 12.3. The minimum Gasteiger partial charge on any atom is -0.493 e. The molecular weight excluding hydrogens is 516 g/mol. The van der Waals surface area contributed by atoms with Gasteiger partial charge in [-0.05, 0) is 42.5 Å². The van der Waals surface area contributed by atoms with E-state index in [9.17, 15) is 4.79 Å². The summed E-state index contributed by atoms with van der Waals surface area (Å²) in [5.41, 5.74) is 3.07. The highest BCUT2D eigenvalue weighted by molar-refractivity contribution is 9.10. The summed E-state index contributed by atoms with van der Waals surface area (Å²) in [6.45, 7) is 0.992. The lowest BCUT2D eigenvalue weighted by atomic mass is 10.1. The number of ether oxygens (including phenoxy) is 4. The van der Waals surface area contributed by atoms with Crippen LogP contribution in [0.25, 0.3) is 33.3 Å². The Labute approximate surface area is 207 Å². The molecule has 2 aromatic heterocycles. The number of furan rings is 1. The van der Waals surface area contributed by atoms with Crippen LogP contribution >= 0.6 is 15.9 Å². The van der Waals surface area contributed by atoms with Gasteiger partial charge in [0.15, 0.2) is 18.1 Å². The van der Waals surface area contributed by atoms with E-state index in [1.807, 2.05) is 42.5 Å². The summed E-state index contributed by atoms with van der Waals surface area (Å²) in [6, 6.07) is 18.2. The molecule has 3 aromatic carbocycles. The SMILES string of the molecule is COc1cccc2cc(-c3cc(=O)oc4ccc(OCc5cc(Br)cc6c5OCOC6)cc34)oc12. The van der Waals surface area contributed by atoms with Crippen LogP contribution in [0.2, 0.25) is 0 Å². The van der Waals surface area contributed by atoms with E-state index in [0.29, 0.717) is 52.6 Å². The molecule has 0 saturated carbocycles. The van der Waals surface area contributed by atoms with Crippen LogP contribution in [-0.4, -0.2) is 13.9 Å². The van der Waals surface area contributed by atoms with Gasteiger partial charge in [-0.2, -0.15) is 0 Å². The Hall–Kier alpha value is -3.75. The summed E-state index contributed by atoms with van der Waals surface area (Å²) in [4.78, 5) is 12.3. The number of benzene rings is 3. The molecule has 6 rings (SSSR count). The van der Waals surface area contributed by atoms with E-state index in [-0.39, 0.29) is 6.79 Å². The van der Waals surface area contributed by atoms with Crippen LogP contribution in [-0.2, 0) is 18.0 Å². The van der Waals surface area contributed by atoms with E-state index in [4.69, 9.17) is 27.8 Å². The molecule has 1 aliphatic heterocycles. The number of methoxy groups -OCH3 is 1. The summed E-state index contributed by atoms with van der Waals surface area (Å²) in [7, 11) is 1.59. The molecule has 8 heteroatoms. The summed E-state index contributed by atoms with van der Waals surface area (Å²) in [6.07, 6.45) is 0. The molecule has 5 aromatic rings. The number of hydrogen-bond acceptors (Lipinski definition) is 7. The van der Waals surface area contributed by atoms with Crippen LogP contribution < -0.4 is 19.8 Å². The van der Waals surface area contributed by atoms with Crippen LogP contribution in [0.15, 0.2) is 78.8 Å². The molecule has 3 heterocycles. The molecule has 0 saturated heterocycles. The fraction of sp³-hybridized carbons (Fsp3) is 0.148. The Morgan fingerprint density at radius 2 is 1.94 bits per heavy atom. The summed E-state index contributed by atoms with van der Waals surface area (Å²) in [5, 5.41) is 1.57. The van der Waals surface area contributed by atoms with E-state index < -0.39 is 5.63 Å². The van der Waals surface area contributed by atoms with E-state index in [1.165, 1.54) is 6.07 Å². The Morgan fingerprint density at radius 3 is 2.83 bits per heavy atom. The van der Waals surface area contributed by atoms with Crippen LogP contribution in [0.3, 0.4) is 0 Å². The highest BCUT2D eigenvalue weighted by Gasteiger charge is 2.18. The fourth-order valence-electron chi connectivity index (χ4n) is 4.29. The van der Waals surface area contributed by atoms with Crippen LogP contribution in [0.1, 0.15) is 11.1 Å². The predicted octanol–water partition coefficient (Wildman–Crippen LogP) is 6.42. The maximum Gasteiger partial charge on any atom is 0.336 e. The van der Waals surface area contributed by atoms with E-state index in [2.05, 4.69) is 15.9 Å². The van der Waals surface area contributed by atoms with Crippen molar-refractivity contribution in [3.8, 4) is 28.6 Å². The van der Waals surface area contributed by atoms with E-state index in [1.54, 1.807) is 19.2 Å².